The molecule has 4 aromatic rings. The van der Waals surface area contributed by atoms with Crippen LogP contribution >= 0.6 is 0 Å². The van der Waals surface area contributed by atoms with E-state index in [-0.39, 0.29) is 23.0 Å². The lowest BCUT2D eigenvalue weighted by atomic mass is 10.1. The normalized spacial score (nSPS) is 18.9. The highest BCUT2D eigenvalue weighted by molar-refractivity contribution is 5.93. The summed E-state index contributed by atoms with van der Waals surface area (Å²) in [6, 6.07) is 9.42. The number of benzene rings is 2. The minimum absolute atomic E-state index is 0.0770. The van der Waals surface area contributed by atoms with Gasteiger partial charge in [0.05, 0.1) is 23.0 Å². The molecule has 1 fully saturated rings. The van der Waals surface area contributed by atoms with Crippen molar-refractivity contribution in [3.63, 3.8) is 0 Å². The van der Waals surface area contributed by atoms with Gasteiger partial charge < -0.3 is 14.5 Å². The van der Waals surface area contributed by atoms with Crippen molar-refractivity contribution in [2.45, 2.75) is 51.4 Å². The van der Waals surface area contributed by atoms with Gasteiger partial charge in [0.15, 0.2) is 0 Å². The van der Waals surface area contributed by atoms with Gasteiger partial charge in [-0.1, -0.05) is 12.1 Å². The number of aromatic amines is 2. The average Bonchev–Trinajstić information content (AvgIpc) is 3.44. The first-order valence-corrected chi connectivity index (χ1v) is 12.3. The molecule has 2 aromatic heterocycles. The summed E-state index contributed by atoms with van der Waals surface area (Å²) in [4.78, 5) is 36.3. The lowest BCUT2D eigenvalue weighted by Crippen LogP contribution is -2.30. The number of likely N-dealkylation sites (tertiary alicyclic amines) is 1. The van der Waals surface area contributed by atoms with Crippen molar-refractivity contribution in [3.05, 3.63) is 56.6 Å². The maximum Gasteiger partial charge on any atom is 0.275 e. The molecule has 1 atom stereocenters. The summed E-state index contributed by atoms with van der Waals surface area (Å²) in [5, 5.41) is 3.78. The number of methoxy groups -OCH3 is 1. The summed E-state index contributed by atoms with van der Waals surface area (Å²) in [7, 11) is 1.75. The Labute approximate surface area is 201 Å². The van der Waals surface area contributed by atoms with Crippen LogP contribution in [0.15, 0.2) is 39.9 Å². The Kier molecular flexibility index (Phi) is 5.66. The van der Waals surface area contributed by atoms with Crippen molar-refractivity contribution in [2.24, 2.45) is 0 Å². The van der Waals surface area contributed by atoms with Crippen molar-refractivity contribution in [2.75, 3.05) is 20.3 Å². The number of nitrogens with zero attached hydrogens (tertiary/aromatic N) is 3. The molecule has 9 heteroatoms. The third kappa shape index (κ3) is 3.94. The highest BCUT2D eigenvalue weighted by atomic mass is 16.5. The first-order valence-electron chi connectivity index (χ1n) is 12.3. The van der Waals surface area contributed by atoms with E-state index < -0.39 is 0 Å². The minimum atomic E-state index is -0.301. The van der Waals surface area contributed by atoms with Crippen LogP contribution in [0.4, 0.5) is 0 Å². The Morgan fingerprint density at radius 1 is 1.14 bits per heavy atom. The van der Waals surface area contributed by atoms with E-state index in [1.54, 1.807) is 23.9 Å². The predicted molar refractivity (Wildman–Crippen MR) is 134 cm³/mol. The first-order chi connectivity index (χ1) is 17.1. The molecule has 4 bridgehead atoms. The summed E-state index contributed by atoms with van der Waals surface area (Å²) in [5.41, 5.74) is 3.43. The number of aromatic nitrogens is 4. The number of H-pyrrole nitrogens is 2. The second-order valence-electron chi connectivity index (χ2n) is 9.41. The fourth-order valence-corrected chi connectivity index (χ4v) is 5.35. The molecule has 9 nitrogen and oxygen atoms in total. The maximum atomic E-state index is 13.2. The van der Waals surface area contributed by atoms with E-state index in [0.29, 0.717) is 52.9 Å². The lowest BCUT2D eigenvalue weighted by molar-refractivity contribution is -0.00816. The highest BCUT2D eigenvalue weighted by Crippen LogP contribution is 2.30. The molecule has 2 aliphatic rings. The SMILES string of the molecule is COC1CCCN1Cc1cc2c3nc(c(=O)[nH]c3c1)-c1cccc3c(=O)n([nH]c13)CCCCCO2. The number of para-hydroxylation sites is 1. The molecule has 35 heavy (non-hydrogen) atoms. The number of ether oxygens (including phenoxy) is 2. The second kappa shape index (κ2) is 8.98. The molecule has 4 heterocycles. The second-order valence-corrected chi connectivity index (χ2v) is 9.41. The summed E-state index contributed by atoms with van der Waals surface area (Å²) < 4.78 is 13.5. The third-order valence-corrected chi connectivity index (χ3v) is 7.11. The number of hydrogen-bond donors (Lipinski definition) is 2. The van der Waals surface area contributed by atoms with Gasteiger partial charge in [0.1, 0.15) is 23.2 Å². The van der Waals surface area contributed by atoms with Gasteiger partial charge in [-0.15, -0.1) is 0 Å². The minimum Gasteiger partial charge on any atom is -0.491 e. The number of hydrogen-bond acceptors (Lipinski definition) is 6. The van der Waals surface area contributed by atoms with Crippen LogP contribution in [0.5, 0.6) is 5.75 Å². The molecule has 2 aromatic carbocycles. The van der Waals surface area contributed by atoms with Crippen LogP contribution in [-0.4, -0.2) is 51.1 Å². The van der Waals surface area contributed by atoms with E-state index in [1.165, 1.54) is 0 Å². The first kappa shape index (κ1) is 22.1. The van der Waals surface area contributed by atoms with E-state index in [2.05, 4.69) is 15.0 Å². The van der Waals surface area contributed by atoms with Crippen LogP contribution in [0, 0.1) is 0 Å². The fourth-order valence-electron chi connectivity index (χ4n) is 5.35. The fraction of sp³-hybridized carbons (Fsp3) is 0.423. The number of fused-ring (bicyclic) bond motifs is 3. The number of rotatable bonds is 3. The van der Waals surface area contributed by atoms with Crippen molar-refractivity contribution in [1.29, 1.82) is 0 Å². The van der Waals surface area contributed by atoms with Crippen molar-refractivity contribution < 1.29 is 9.47 Å². The maximum absolute atomic E-state index is 13.2. The Balaban J connectivity index is 1.52. The molecule has 2 aliphatic heterocycles. The van der Waals surface area contributed by atoms with Gasteiger partial charge in [-0.05, 0) is 55.9 Å². The molecule has 1 saturated heterocycles. The molecular weight excluding hydrogens is 446 g/mol. The van der Waals surface area contributed by atoms with Gasteiger partial charge in [-0.2, -0.15) is 0 Å². The van der Waals surface area contributed by atoms with Gasteiger partial charge in [0.25, 0.3) is 11.1 Å². The molecule has 182 valence electrons. The van der Waals surface area contributed by atoms with Crippen LogP contribution in [0.1, 0.15) is 37.7 Å². The van der Waals surface area contributed by atoms with E-state index in [4.69, 9.17) is 14.5 Å². The third-order valence-electron chi connectivity index (χ3n) is 7.11. The van der Waals surface area contributed by atoms with Crippen LogP contribution in [-0.2, 0) is 17.8 Å². The Morgan fingerprint density at radius 2 is 2.06 bits per heavy atom. The highest BCUT2D eigenvalue weighted by Gasteiger charge is 2.25. The smallest absolute Gasteiger partial charge is 0.275 e. The van der Waals surface area contributed by atoms with E-state index in [9.17, 15) is 9.59 Å². The number of aryl methyl sites for hydroxylation is 1. The van der Waals surface area contributed by atoms with Crippen LogP contribution < -0.4 is 15.9 Å². The molecule has 0 amide bonds. The summed E-state index contributed by atoms with van der Waals surface area (Å²) in [6.07, 6.45) is 4.88. The summed E-state index contributed by atoms with van der Waals surface area (Å²) in [6.45, 7) is 2.82. The van der Waals surface area contributed by atoms with Crippen LogP contribution in [0.3, 0.4) is 0 Å². The molecule has 0 spiro atoms. The van der Waals surface area contributed by atoms with Crippen molar-refractivity contribution in [1.82, 2.24) is 24.6 Å². The van der Waals surface area contributed by atoms with Gasteiger partial charge in [-0.3, -0.25) is 24.3 Å². The Morgan fingerprint density at radius 3 is 2.94 bits per heavy atom. The van der Waals surface area contributed by atoms with Crippen LogP contribution in [0.25, 0.3) is 33.2 Å². The topological polar surface area (TPSA) is 105 Å². The van der Waals surface area contributed by atoms with Gasteiger partial charge in [0.2, 0.25) is 0 Å². The standard InChI is InChI=1S/C26H29N5O4/c1-34-21-9-6-10-30(21)15-16-13-19-24-20(14-16)35-12-4-2-3-11-31-26(33)18-8-5-7-17(22(18)29-31)23(28-24)25(32)27-19/h5,7-8,13-14,21,29H,2-4,6,9-12,15H2,1H3,(H,27,32). The van der Waals surface area contributed by atoms with Gasteiger partial charge in [-0.25, -0.2) is 4.98 Å². The number of nitrogens with one attached hydrogen (secondary N) is 2. The largest absolute Gasteiger partial charge is 0.491 e. The average molecular weight is 476 g/mol. The molecule has 2 N–H and O–H groups in total. The quantitative estimate of drug-likeness (QED) is 0.471. The van der Waals surface area contributed by atoms with Crippen molar-refractivity contribution in [3.8, 4) is 17.0 Å². The van der Waals surface area contributed by atoms with E-state index in [1.807, 2.05) is 18.2 Å². The molecule has 0 saturated carbocycles. The molecule has 0 aliphatic carbocycles. The Bertz CT molecular complexity index is 1520. The zero-order valence-corrected chi connectivity index (χ0v) is 19.8. The van der Waals surface area contributed by atoms with Gasteiger partial charge >= 0.3 is 0 Å². The Hall–Kier alpha value is -3.43. The zero-order chi connectivity index (χ0) is 23.9. The lowest BCUT2D eigenvalue weighted by Gasteiger charge is -2.23. The molecule has 6 rings (SSSR count). The predicted octanol–water partition coefficient (Wildman–Crippen LogP) is 3.36. The van der Waals surface area contributed by atoms with Gasteiger partial charge in [0, 0.05) is 32.3 Å². The molecule has 1 unspecified atom stereocenters. The monoisotopic (exact) mass is 475 g/mol. The van der Waals surface area contributed by atoms with Crippen molar-refractivity contribution >= 4 is 21.9 Å². The van der Waals surface area contributed by atoms with E-state index in [0.717, 1.165) is 44.2 Å². The van der Waals surface area contributed by atoms with Crippen LogP contribution in [0.2, 0.25) is 0 Å². The molecule has 0 radical (unpaired) electrons. The zero-order valence-electron chi connectivity index (χ0n) is 19.8. The van der Waals surface area contributed by atoms with E-state index >= 15 is 0 Å². The summed E-state index contributed by atoms with van der Waals surface area (Å²) >= 11 is 0. The molecular formula is C26H29N5O4. The summed E-state index contributed by atoms with van der Waals surface area (Å²) in [5.74, 6) is 0.665.